The van der Waals surface area contributed by atoms with Crippen LogP contribution >= 0.6 is 0 Å². The second kappa shape index (κ2) is 11.3. The molecule has 1 unspecified atom stereocenters. The molecule has 10 heteroatoms. The normalized spacial score (nSPS) is 26.4. The topological polar surface area (TPSA) is 124 Å². The van der Waals surface area contributed by atoms with Crippen molar-refractivity contribution in [2.24, 2.45) is 0 Å². The summed E-state index contributed by atoms with van der Waals surface area (Å²) >= 11 is 0. The summed E-state index contributed by atoms with van der Waals surface area (Å²) in [7, 11) is 1.55. The number of carbonyl (C=O) groups excluding carboxylic acids is 2. The fourth-order valence-electron chi connectivity index (χ4n) is 6.62. The highest BCUT2D eigenvalue weighted by Crippen LogP contribution is 2.55. The highest BCUT2D eigenvalue weighted by Gasteiger charge is 2.59. The number of carbonyl (C=O) groups is 2. The minimum atomic E-state index is -2.21. The first-order valence-corrected chi connectivity index (χ1v) is 14.4. The Bertz CT molecular complexity index is 1230. The minimum absolute atomic E-state index is 0.0262. The number of aliphatic hydroxyl groups is 2. The van der Waals surface area contributed by atoms with E-state index in [0.29, 0.717) is 17.3 Å². The van der Waals surface area contributed by atoms with Gasteiger partial charge < -0.3 is 33.9 Å². The molecule has 4 atom stereocenters. The standard InChI is InChI=1S/C31H41NO9/c1-5-6-14-38-25(33)18-31(36,11-10-29(2,3)35)28(34)41-27-24(37-4)17-30-9-7-12-32(30)13-8-20-15-22-23(40-19-39-22)16-21(20)26(27)30/h5-6,15-17,26-27,35-36H,7-14,18-19H2,1-4H3/b6-5+/t26-,27?,30-,31-/m1/s1. The van der Waals surface area contributed by atoms with Gasteiger partial charge in [0.25, 0.3) is 0 Å². The molecule has 4 aliphatic rings. The number of hydrogen-bond acceptors (Lipinski definition) is 10. The van der Waals surface area contributed by atoms with Gasteiger partial charge in [-0.2, -0.15) is 0 Å². The molecule has 1 spiro atoms. The number of ether oxygens (including phenoxy) is 5. The van der Waals surface area contributed by atoms with Crippen LogP contribution in [0.15, 0.2) is 36.1 Å². The van der Waals surface area contributed by atoms with E-state index in [1.54, 1.807) is 40.0 Å². The summed E-state index contributed by atoms with van der Waals surface area (Å²) < 4.78 is 28.6. The van der Waals surface area contributed by atoms with E-state index in [1.165, 1.54) is 0 Å². The van der Waals surface area contributed by atoms with E-state index in [4.69, 9.17) is 23.7 Å². The molecular weight excluding hydrogens is 530 g/mol. The predicted octanol–water partition coefficient (Wildman–Crippen LogP) is 3.14. The Labute approximate surface area is 240 Å². The number of fused-ring (bicyclic) bond motifs is 3. The van der Waals surface area contributed by atoms with Crippen LogP contribution in [0, 0.1) is 0 Å². The van der Waals surface area contributed by atoms with Gasteiger partial charge in [0.05, 0.1) is 30.6 Å². The van der Waals surface area contributed by atoms with E-state index in [9.17, 15) is 19.8 Å². The number of allylic oxidation sites excluding steroid dienone is 1. The van der Waals surface area contributed by atoms with Crippen molar-refractivity contribution in [3.8, 4) is 11.5 Å². The van der Waals surface area contributed by atoms with Crippen molar-refractivity contribution < 1.29 is 43.5 Å². The van der Waals surface area contributed by atoms with Crippen LogP contribution in [0.1, 0.15) is 69.9 Å². The van der Waals surface area contributed by atoms with Crippen molar-refractivity contribution in [2.45, 2.75) is 88.1 Å². The molecule has 1 saturated heterocycles. The molecule has 10 nitrogen and oxygen atoms in total. The SMILES string of the molecule is C/C=C/COC(=O)C[C@](O)(CCC(C)(C)O)C(=O)OC1C(OC)=C[C@@]23CCCN2CCc2cc4c(cc2[C@H]13)OCO4. The second-order valence-corrected chi connectivity index (χ2v) is 12.1. The summed E-state index contributed by atoms with van der Waals surface area (Å²) in [5, 5.41) is 22.0. The predicted molar refractivity (Wildman–Crippen MR) is 148 cm³/mol. The third-order valence-electron chi connectivity index (χ3n) is 8.74. The molecule has 3 heterocycles. The zero-order valence-electron chi connectivity index (χ0n) is 24.3. The Morgan fingerprint density at radius 3 is 2.63 bits per heavy atom. The first-order valence-electron chi connectivity index (χ1n) is 14.4. The van der Waals surface area contributed by atoms with E-state index in [2.05, 4.69) is 11.0 Å². The highest BCUT2D eigenvalue weighted by molar-refractivity contribution is 5.86. The molecule has 3 aliphatic heterocycles. The van der Waals surface area contributed by atoms with Gasteiger partial charge in [0.1, 0.15) is 12.4 Å². The molecule has 1 aromatic rings. The third-order valence-corrected chi connectivity index (χ3v) is 8.74. The van der Waals surface area contributed by atoms with E-state index < -0.39 is 41.2 Å². The molecule has 41 heavy (non-hydrogen) atoms. The van der Waals surface area contributed by atoms with Crippen LogP contribution in [0.4, 0.5) is 0 Å². The largest absolute Gasteiger partial charge is 0.497 e. The van der Waals surface area contributed by atoms with Crippen molar-refractivity contribution in [1.82, 2.24) is 4.90 Å². The van der Waals surface area contributed by atoms with Gasteiger partial charge in [-0.3, -0.25) is 9.69 Å². The van der Waals surface area contributed by atoms with Gasteiger partial charge in [-0.25, -0.2) is 4.79 Å². The van der Waals surface area contributed by atoms with Crippen LogP contribution in [0.2, 0.25) is 0 Å². The van der Waals surface area contributed by atoms with Crippen molar-refractivity contribution in [3.63, 3.8) is 0 Å². The Hall–Kier alpha value is -3.08. The molecule has 0 aromatic heterocycles. The van der Waals surface area contributed by atoms with E-state index >= 15 is 0 Å². The lowest BCUT2D eigenvalue weighted by molar-refractivity contribution is -0.179. The lowest BCUT2D eigenvalue weighted by Gasteiger charge is -2.39. The van der Waals surface area contributed by atoms with Gasteiger partial charge >= 0.3 is 11.9 Å². The zero-order chi connectivity index (χ0) is 29.4. The van der Waals surface area contributed by atoms with E-state index in [-0.39, 0.29) is 32.2 Å². The first kappa shape index (κ1) is 29.4. The lowest BCUT2D eigenvalue weighted by Crippen LogP contribution is -2.49. The maximum absolute atomic E-state index is 13.9. The number of benzene rings is 1. The van der Waals surface area contributed by atoms with Crippen molar-refractivity contribution in [2.75, 3.05) is 33.6 Å². The molecule has 0 saturated carbocycles. The van der Waals surface area contributed by atoms with Gasteiger partial charge in [-0.05, 0) is 88.8 Å². The Balaban J connectivity index is 1.49. The van der Waals surface area contributed by atoms with Crippen LogP contribution in [0.3, 0.4) is 0 Å². The summed E-state index contributed by atoms with van der Waals surface area (Å²) in [4.78, 5) is 29.0. The van der Waals surface area contributed by atoms with Gasteiger partial charge in [0.15, 0.2) is 23.2 Å². The smallest absolute Gasteiger partial charge is 0.339 e. The van der Waals surface area contributed by atoms with Crippen LogP contribution in [-0.2, 0) is 30.2 Å². The average molecular weight is 572 g/mol. The fourth-order valence-corrected chi connectivity index (χ4v) is 6.62. The minimum Gasteiger partial charge on any atom is -0.497 e. The highest BCUT2D eigenvalue weighted by atomic mass is 16.7. The molecule has 1 aromatic carbocycles. The molecule has 5 rings (SSSR count). The Kier molecular flexibility index (Phi) is 8.11. The maximum Gasteiger partial charge on any atom is 0.339 e. The lowest BCUT2D eigenvalue weighted by atomic mass is 9.77. The summed E-state index contributed by atoms with van der Waals surface area (Å²) in [6, 6.07) is 4.00. The van der Waals surface area contributed by atoms with Crippen molar-refractivity contribution in [3.05, 3.63) is 47.2 Å². The van der Waals surface area contributed by atoms with Gasteiger partial charge in [0, 0.05) is 6.54 Å². The quantitative estimate of drug-likeness (QED) is 0.320. The molecular formula is C31H41NO9. The van der Waals surface area contributed by atoms with Crippen LogP contribution in [0.25, 0.3) is 0 Å². The Morgan fingerprint density at radius 1 is 1.17 bits per heavy atom. The molecule has 2 N–H and O–H groups in total. The zero-order valence-corrected chi connectivity index (χ0v) is 24.3. The number of nitrogens with zero attached hydrogens (tertiary/aromatic N) is 1. The van der Waals surface area contributed by atoms with Crippen LogP contribution in [0.5, 0.6) is 11.5 Å². The van der Waals surface area contributed by atoms with Crippen LogP contribution in [-0.4, -0.2) is 83.5 Å². The molecule has 224 valence electrons. The average Bonchev–Trinajstić information content (AvgIpc) is 3.61. The summed E-state index contributed by atoms with van der Waals surface area (Å²) in [5.74, 6) is -0.169. The Morgan fingerprint density at radius 2 is 1.93 bits per heavy atom. The number of hydrogen-bond donors (Lipinski definition) is 2. The molecule has 1 fully saturated rings. The molecule has 1 aliphatic carbocycles. The number of methoxy groups -OCH3 is 1. The number of esters is 2. The number of rotatable bonds is 10. The maximum atomic E-state index is 13.9. The van der Waals surface area contributed by atoms with Gasteiger partial charge in [-0.1, -0.05) is 12.2 Å². The molecule has 0 amide bonds. The summed E-state index contributed by atoms with van der Waals surface area (Å²) in [6.45, 7) is 6.86. The van der Waals surface area contributed by atoms with E-state index in [0.717, 1.165) is 43.5 Å². The third kappa shape index (κ3) is 5.69. The van der Waals surface area contributed by atoms with Crippen molar-refractivity contribution in [1.29, 1.82) is 0 Å². The first-order chi connectivity index (χ1) is 19.5. The van der Waals surface area contributed by atoms with E-state index in [1.807, 2.05) is 12.1 Å². The molecule has 0 radical (unpaired) electrons. The second-order valence-electron chi connectivity index (χ2n) is 12.1. The van der Waals surface area contributed by atoms with Gasteiger partial charge in [-0.15, -0.1) is 0 Å². The van der Waals surface area contributed by atoms with Gasteiger partial charge in [0.2, 0.25) is 6.79 Å². The molecule has 0 bridgehead atoms. The summed E-state index contributed by atoms with van der Waals surface area (Å²) in [5.41, 5.74) is -1.74. The van der Waals surface area contributed by atoms with Crippen LogP contribution < -0.4 is 9.47 Å². The summed E-state index contributed by atoms with van der Waals surface area (Å²) in [6.07, 6.45) is 6.52. The monoisotopic (exact) mass is 571 g/mol. The fraction of sp³-hybridized carbons (Fsp3) is 0.613. The van der Waals surface area contributed by atoms with Crippen molar-refractivity contribution >= 4 is 11.9 Å².